The fourth-order valence-corrected chi connectivity index (χ4v) is 3.82. The van der Waals surface area contributed by atoms with Crippen LogP contribution in [0.25, 0.3) is 22.4 Å². The van der Waals surface area contributed by atoms with Gasteiger partial charge in [0, 0.05) is 36.3 Å². The van der Waals surface area contributed by atoms with E-state index in [9.17, 15) is 4.79 Å². The average molecular weight is 358 g/mol. The van der Waals surface area contributed by atoms with Crippen LogP contribution in [-0.2, 0) is 17.8 Å². The molecular formula is C22H22N4O. The van der Waals surface area contributed by atoms with Gasteiger partial charge in [-0.2, -0.15) is 5.10 Å². The fraction of sp³-hybridized carbons (Fsp3) is 0.273. The number of nitrogens with two attached hydrogens (primary N) is 1. The van der Waals surface area contributed by atoms with Crippen LogP contribution in [0, 0.1) is 0 Å². The maximum atomic E-state index is 12.6. The van der Waals surface area contributed by atoms with Crippen molar-refractivity contribution in [2.45, 2.75) is 31.3 Å². The standard InChI is InChI=1S/C22H22N4O/c23-22(11-12-22)21(27)26-13-10-19-18(14-26)20(25-24-19)17-8-6-16(7-9-17)15-4-2-1-3-5-15/h1-9H,10-14,23H2,(H,24,25). The summed E-state index contributed by atoms with van der Waals surface area (Å²) >= 11 is 0. The van der Waals surface area contributed by atoms with Crippen molar-refractivity contribution >= 4 is 5.91 Å². The lowest BCUT2D eigenvalue weighted by Crippen LogP contribution is -2.47. The number of fused-ring (bicyclic) bond motifs is 1. The van der Waals surface area contributed by atoms with E-state index in [1.54, 1.807) is 0 Å². The Morgan fingerprint density at radius 3 is 2.37 bits per heavy atom. The van der Waals surface area contributed by atoms with Gasteiger partial charge in [0.2, 0.25) is 5.91 Å². The smallest absolute Gasteiger partial charge is 0.242 e. The maximum absolute atomic E-state index is 12.6. The number of amides is 1. The molecule has 136 valence electrons. The number of rotatable bonds is 3. The summed E-state index contributed by atoms with van der Waals surface area (Å²) in [6, 6.07) is 18.8. The van der Waals surface area contributed by atoms with Gasteiger partial charge < -0.3 is 10.6 Å². The number of hydrogen-bond acceptors (Lipinski definition) is 3. The second-order valence-corrected chi connectivity index (χ2v) is 7.61. The van der Waals surface area contributed by atoms with Crippen LogP contribution in [0.15, 0.2) is 54.6 Å². The van der Waals surface area contributed by atoms with Crippen LogP contribution in [-0.4, -0.2) is 33.1 Å². The number of carbonyl (C=O) groups is 1. The number of benzene rings is 2. The Bertz CT molecular complexity index is 987. The molecule has 5 heteroatoms. The highest BCUT2D eigenvalue weighted by atomic mass is 16.2. The molecule has 0 saturated heterocycles. The molecule has 0 unspecified atom stereocenters. The molecule has 5 rings (SSSR count). The van der Waals surface area contributed by atoms with Crippen LogP contribution < -0.4 is 5.73 Å². The van der Waals surface area contributed by atoms with Gasteiger partial charge in [-0.1, -0.05) is 54.6 Å². The molecule has 3 aromatic rings. The van der Waals surface area contributed by atoms with E-state index >= 15 is 0 Å². The molecule has 1 saturated carbocycles. The quantitative estimate of drug-likeness (QED) is 0.755. The molecule has 2 heterocycles. The van der Waals surface area contributed by atoms with Crippen LogP contribution in [0.5, 0.6) is 0 Å². The zero-order valence-electron chi connectivity index (χ0n) is 15.1. The Morgan fingerprint density at radius 2 is 1.67 bits per heavy atom. The monoisotopic (exact) mass is 358 g/mol. The van der Waals surface area contributed by atoms with E-state index in [4.69, 9.17) is 5.73 Å². The molecule has 0 atom stereocenters. The van der Waals surface area contributed by atoms with Gasteiger partial charge in [-0.05, 0) is 24.0 Å². The van der Waals surface area contributed by atoms with Gasteiger partial charge in [0.1, 0.15) is 0 Å². The van der Waals surface area contributed by atoms with Crippen molar-refractivity contribution in [2.24, 2.45) is 5.73 Å². The van der Waals surface area contributed by atoms with Crippen LogP contribution in [0.2, 0.25) is 0 Å². The molecule has 0 radical (unpaired) electrons. The summed E-state index contributed by atoms with van der Waals surface area (Å²) in [5.74, 6) is 0.0831. The molecule has 27 heavy (non-hydrogen) atoms. The zero-order valence-corrected chi connectivity index (χ0v) is 15.1. The van der Waals surface area contributed by atoms with Crippen LogP contribution in [0.4, 0.5) is 0 Å². The predicted octanol–water partition coefficient (Wildman–Crippen LogP) is 3.12. The first-order chi connectivity index (χ1) is 13.1. The summed E-state index contributed by atoms with van der Waals surface area (Å²) in [6.07, 6.45) is 2.40. The van der Waals surface area contributed by atoms with E-state index in [-0.39, 0.29) is 5.91 Å². The Kier molecular flexibility index (Phi) is 3.65. The Hall–Kier alpha value is -2.92. The van der Waals surface area contributed by atoms with Gasteiger partial charge in [-0.3, -0.25) is 9.89 Å². The maximum Gasteiger partial charge on any atom is 0.242 e. The minimum Gasteiger partial charge on any atom is -0.336 e. The normalized spacial score (nSPS) is 17.4. The van der Waals surface area contributed by atoms with Crippen molar-refractivity contribution in [3.8, 4) is 22.4 Å². The highest BCUT2D eigenvalue weighted by Crippen LogP contribution is 2.36. The van der Waals surface area contributed by atoms with Crippen LogP contribution in [0.3, 0.4) is 0 Å². The largest absolute Gasteiger partial charge is 0.336 e. The predicted molar refractivity (Wildman–Crippen MR) is 105 cm³/mol. The van der Waals surface area contributed by atoms with E-state index in [0.717, 1.165) is 41.8 Å². The summed E-state index contributed by atoms with van der Waals surface area (Å²) in [7, 11) is 0. The highest BCUT2D eigenvalue weighted by Gasteiger charge is 2.48. The molecule has 1 fully saturated rings. The highest BCUT2D eigenvalue weighted by molar-refractivity contribution is 5.89. The summed E-state index contributed by atoms with van der Waals surface area (Å²) in [5, 5.41) is 7.71. The minimum absolute atomic E-state index is 0.0831. The summed E-state index contributed by atoms with van der Waals surface area (Å²) in [6.45, 7) is 1.29. The SMILES string of the molecule is NC1(C(=O)N2CCc3[nH]nc(-c4ccc(-c5ccccc5)cc4)c3C2)CC1. The molecule has 1 aliphatic heterocycles. The molecule has 1 aliphatic carbocycles. The third-order valence-corrected chi connectivity index (χ3v) is 5.70. The summed E-state index contributed by atoms with van der Waals surface area (Å²) < 4.78 is 0. The number of aromatic amines is 1. The second kappa shape index (κ2) is 6.06. The van der Waals surface area contributed by atoms with Gasteiger partial charge >= 0.3 is 0 Å². The van der Waals surface area contributed by atoms with Gasteiger partial charge in [0.05, 0.1) is 11.2 Å². The van der Waals surface area contributed by atoms with E-state index in [0.29, 0.717) is 13.1 Å². The van der Waals surface area contributed by atoms with E-state index in [1.807, 2.05) is 23.1 Å². The molecule has 1 amide bonds. The van der Waals surface area contributed by atoms with Crippen LogP contribution >= 0.6 is 0 Å². The molecule has 5 nitrogen and oxygen atoms in total. The third-order valence-electron chi connectivity index (χ3n) is 5.70. The number of nitrogens with one attached hydrogen (secondary N) is 1. The van der Waals surface area contributed by atoms with Crippen LogP contribution in [0.1, 0.15) is 24.1 Å². The first-order valence-electron chi connectivity index (χ1n) is 9.44. The van der Waals surface area contributed by atoms with Crippen molar-refractivity contribution in [2.75, 3.05) is 6.54 Å². The number of H-pyrrole nitrogens is 1. The molecule has 2 aliphatic rings. The first-order valence-corrected chi connectivity index (χ1v) is 9.44. The second-order valence-electron chi connectivity index (χ2n) is 7.61. The molecular weight excluding hydrogens is 336 g/mol. The van der Waals surface area contributed by atoms with Crippen molar-refractivity contribution < 1.29 is 4.79 Å². The fourth-order valence-electron chi connectivity index (χ4n) is 3.82. The lowest BCUT2D eigenvalue weighted by molar-refractivity contribution is -0.134. The zero-order chi connectivity index (χ0) is 18.4. The van der Waals surface area contributed by atoms with Gasteiger partial charge in [0.25, 0.3) is 0 Å². The van der Waals surface area contributed by atoms with Crippen molar-refractivity contribution in [3.05, 3.63) is 65.9 Å². The molecule has 3 N–H and O–H groups in total. The van der Waals surface area contributed by atoms with Gasteiger partial charge in [-0.15, -0.1) is 0 Å². The molecule has 1 aromatic heterocycles. The van der Waals surface area contributed by atoms with Gasteiger partial charge in [0.15, 0.2) is 0 Å². The number of hydrogen-bond donors (Lipinski definition) is 2. The lowest BCUT2D eigenvalue weighted by Gasteiger charge is -2.29. The lowest BCUT2D eigenvalue weighted by atomic mass is 9.98. The number of nitrogens with zero attached hydrogens (tertiary/aromatic N) is 2. The number of aromatic nitrogens is 2. The Labute approximate surface area is 158 Å². The van der Waals surface area contributed by atoms with Gasteiger partial charge in [-0.25, -0.2) is 0 Å². The van der Waals surface area contributed by atoms with Crippen molar-refractivity contribution in [3.63, 3.8) is 0 Å². The van der Waals surface area contributed by atoms with E-state index in [1.165, 1.54) is 11.1 Å². The van der Waals surface area contributed by atoms with E-state index in [2.05, 4.69) is 46.6 Å². The average Bonchev–Trinajstić information content (AvgIpc) is 3.34. The molecule has 2 aromatic carbocycles. The third kappa shape index (κ3) is 2.84. The Balaban J connectivity index is 1.43. The topological polar surface area (TPSA) is 75.0 Å². The van der Waals surface area contributed by atoms with Crippen molar-refractivity contribution in [1.82, 2.24) is 15.1 Å². The first kappa shape index (κ1) is 16.3. The molecule has 0 spiro atoms. The summed E-state index contributed by atoms with van der Waals surface area (Å²) in [4.78, 5) is 14.5. The van der Waals surface area contributed by atoms with E-state index < -0.39 is 5.54 Å². The molecule has 0 bridgehead atoms. The Morgan fingerprint density at radius 1 is 1.00 bits per heavy atom. The number of carbonyl (C=O) groups excluding carboxylic acids is 1. The summed E-state index contributed by atoms with van der Waals surface area (Å²) in [5.41, 5.74) is 12.1. The van der Waals surface area contributed by atoms with Crippen molar-refractivity contribution in [1.29, 1.82) is 0 Å². The minimum atomic E-state index is -0.612.